The summed E-state index contributed by atoms with van der Waals surface area (Å²) in [4.78, 5) is 0. The van der Waals surface area contributed by atoms with Gasteiger partial charge < -0.3 is 0 Å². The van der Waals surface area contributed by atoms with Gasteiger partial charge in [0.05, 0.1) is 5.54 Å². The zero-order chi connectivity index (χ0) is 13.2. The standard InChI is InChI=1S/C12H15BrN4S/c1-12(2,3)17-11(14-15-16-17)18-8-9-6-4-5-7-10(9)13/h4-7H,8H2,1-3H3. The zero-order valence-electron chi connectivity index (χ0n) is 10.6. The Kier molecular flexibility index (Phi) is 4.07. The number of hydrogen-bond acceptors (Lipinski definition) is 4. The molecule has 2 rings (SSSR count). The first-order valence-electron chi connectivity index (χ1n) is 5.63. The van der Waals surface area contributed by atoms with Gasteiger partial charge in [0.25, 0.3) is 0 Å². The van der Waals surface area contributed by atoms with E-state index in [0.29, 0.717) is 0 Å². The topological polar surface area (TPSA) is 43.6 Å². The zero-order valence-corrected chi connectivity index (χ0v) is 13.0. The Labute approximate surface area is 119 Å². The van der Waals surface area contributed by atoms with Crippen molar-refractivity contribution in [2.75, 3.05) is 0 Å². The van der Waals surface area contributed by atoms with Crippen molar-refractivity contribution in [3.63, 3.8) is 0 Å². The molecular formula is C12H15BrN4S. The first-order valence-corrected chi connectivity index (χ1v) is 7.41. The fourth-order valence-corrected chi connectivity index (χ4v) is 3.12. The van der Waals surface area contributed by atoms with Gasteiger partial charge in [-0.25, -0.2) is 4.68 Å². The predicted octanol–water partition coefficient (Wildman–Crippen LogP) is 3.48. The lowest BCUT2D eigenvalue weighted by Crippen LogP contribution is -2.24. The van der Waals surface area contributed by atoms with Crippen LogP contribution < -0.4 is 0 Å². The molecule has 0 unspecified atom stereocenters. The van der Waals surface area contributed by atoms with Gasteiger partial charge in [-0.15, -0.1) is 5.10 Å². The Morgan fingerprint density at radius 1 is 1.28 bits per heavy atom. The van der Waals surface area contributed by atoms with Crippen molar-refractivity contribution in [2.24, 2.45) is 0 Å². The molecule has 2 aromatic rings. The molecule has 0 bridgehead atoms. The molecule has 0 aliphatic rings. The molecule has 0 amide bonds. The Hall–Kier alpha value is -0.880. The van der Waals surface area contributed by atoms with Crippen LogP contribution in [0.3, 0.4) is 0 Å². The van der Waals surface area contributed by atoms with E-state index in [2.05, 4.69) is 58.3 Å². The van der Waals surface area contributed by atoms with Crippen LogP contribution in [0.4, 0.5) is 0 Å². The first kappa shape index (κ1) is 13.5. The molecule has 0 spiro atoms. The number of benzene rings is 1. The molecule has 0 atom stereocenters. The number of hydrogen-bond donors (Lipinski definition) is 0. The molecule has 0 saturated carbocycles. The van der Waals surface area contributed by atoms with Crippen LogP contribution >= 0.6 is 27.7 Å². The van der Waals surface area contributed by atoms with Gasteiger partial charge >= 0.3 is 0 Å². The molecule has 4 nitrogen and oxygen atoms in total. The molecule has 0 aliphatic heterocycles. The van der Waals surface area contributed by atoms with Crippen molar-refractivity contribution in [3.8, 4) is 0 Å². The summed E-state index contributed by atoms with van der Waals surface area (Å²) >= 11 is 5.19. The van der Waals surface area contributed by atoms with Crippen molar-refractivity contribution in [1.29, 1.82) is 0 Å². The van der Waals surface area contributed by atoms with Gasteiger partial charge in [0.2, 0.25) is 5.16 Å². The molecule has 96 valence electrons. The molecule has 1 heterocycles. The van der Waals surface area contributed by atoms with Gasteiger partial charge in [0.1, 0.15) is 0 Å². The Bertz CT molecular complexity index is 533. The van der Waals surface area contributed by atoms with Crippen molar-refractivity contribution in [3.05, 3.63) is 34.3 Å². The first-order chi connectivity index (χ1) is 8.48. The quantitative estimate of drug-likeness (QED) is 0.810. The summed E-state index contributed by atoms with van der Waals surface area (Å²) in [7, 11) is 0. The van der Waals surface area contributed by atoms with E-state index in [9.17, 15) is 0 Å². The third-order valence-electron chi connectivity index (χ3n) is 2.39. The Balaban J connectivity index is 2.12. The van der Waals surface area contributed by atoms with E-state index in [0.717, 1.165) is 15.4 Å². The van der Waals surface area contributed by atoms with E-state index >= 15 is 0 Å². The third-order valence-corrected chi connectivity index (χ3v) is 4.13. The van der Waals surface area contributed by atoms with E-state index in [4.69, 9.17) is 0 Å². The Morgan fingerprint density at radius 3 is 2.67 bits per heavy atom. The van der Waals surface area contributed by atoms with Gasteiger partial charge in [-0.05, 0) is 42.8 Å². The van der Waals surface area contributed by atoms with E-state index in [-0.39, 0.29) is 5.54 Å². The van der Waals surface area contributed by atoms with Crippen LogP contribution in [0.5, 0.6) is 0 Å². The number of tetrazole rings is 1. The summed E-state index contributed by atoms with van der Waals surface area (Å²) in [5, 5.41) is 12.7. The van der Waals surface area contributed by atoms with Crippen LogP contribution in [0, 0.1) is 0 Å². The van der Waals surface area contributed by atoms with Crippen LogP contribution in [-0.4, -0.2) is 20.2 Å². The van der Waals surface area contributed by atoms with Crippen LogP contribution in [0.25, 0.3) is 0 Å². The molecule has 0 radical (unpaired) electrons. The summed E-state index contributed by atoms with van der Waals surface area (Å²) < 4.78 is 2.97. The SMILES string of the molecule is CC(C)(C)n1nnnc1SCc1ccccc1Br. The van der Waals surface area contributed by atoms with Crippen LogP contribution in [0.2, 0.25) is 0 Å². The number of thioether (sulfide) groups is 1. The van der Waals surface area contributed by atoms with Crippen LogP contribution in [-0.2, 0) is 11.3 Å². The summed E-state index contributed by atoms with van der Waals surface area (Å²) in [6, 6.07) is 8.19. The summed E-state index contributed by atoms with van der Waals surface area (Å²) in [5.41, 5.74) is 1.14. The summed E-state index contributed by atoms with van der Waals surface area (Å²) in [5.74, 6) is 0.845. The lowest BCUT2D eigenvalue weighted by atomic mass is 10.1. The number of rotatable bonds is 3. The summed E-state index contributed by atoms with van der Waals surface area (Å²) in [6.45, 7) is 6.27. The number of halogens is 1. The summed E-state index contributed by atoms with van der Waals surface area (Å²) in [6.07, 6.45) is 0. The minimum Gasteiger partial charge on any atom is -0.215 e. The number of aromatic nitrogens is 4. The van der Waals surface area contributed by atoms with E-state index in [1.54, 1.807) is 11.8 Å². The molecule has 18 heavy (non-hydrogen) atoms. The second-order valence-corrected chi connectivity index (χ2v) is 6.72. The second kappa shape index (κ2) is 5.40. The smallest absolute Gasteiger partial charge is 0.210 e. The molecule has 1 aromatic carbocycles. The highest BCUT2D eigenvalue weighted by atomic mass is 79.9. The molecular weight excluding hydrogens is 312 g/mol. The lowest BCUT2D eigenvalue weighted by Gasteiger charge is -2.19. The van der Waals surface area contributed by atoms with Gasteiger partial charge in [-0.3, -0.25) is 0 Å². The van der Waals surface area contributed by atoms with Gasteiger partial charge in [-0.2, -0.15) is 0 Å². The number of nitrogens with zero attached hydrogens (tertiary/aromatic N) is 4. The molecule has 1 aromatic heterocycles. The van der Waals surface area contributed by atoms with Gasteiger partial charge in [-0.1, -0.05) is 45.9 Å². The molecule has 0 aliphatic carbocycles. The average Bonchev–Trinajstić information content (AvgIpc) is 2.76. The fraction of sp³-hybridized carbons (Fsp3) is 0.417. The van der Waals surface area contributed by atoms with E-state index in [1.807, 2.05) is 22.9 Å². The minimum absolute atomic E-state index is 0.0975. The normalized spacial score (nSPS) is 11.8. The molecule has 6 heteroatoms. The third kappa shape index (κ3) is 3.11. The Morgan fingerprint density at radius 2 is 2.00 bits per heavy atom. The van der Waals surface area contributed by atoms with Gasteiger partial charge in [0.15, 0.2) is 0 Å². The minimum atomic E-state index is -0.0975. The van der Waals surface area contributed by atoms with Gasteiger partial charge in [0, 0.05) is 10.2 Å². The highest BCUT2D eigenvalue weighted by Crippen LogP contribution is 2.27. The van der Waals surface area contributed by atoms with E-state index in [1.165, 1.54) is 5.56 Å². The average molecular weight is 327 g/mol. The highest BCUT2D eigenvalue weighted by Gasteiger charge is 2.19. The van der Waals surface area contributed by atoms with Crippen molar-refractivity contribution < 1.29 is 0 Å². The second-order valence-electron chi connectivity index (χ2n) is 4.92. The molecule has 0 N–H and O–H groups in total. The molecule has 0 fully saturated rings. The van der Waals surface area contributed by atoms with Crippen molar-refractivity contribution in [2.45, 2.75) is 37.2 Å². The van der Waals surface area contributed by atoms with E-state index < -0.39 is 0 Å². The van der Waals surface area contributed by atoms with Crippen LogP contribution in [0.15, 0.2) is 33.9 Å². The maximum Gasteiger partial charge on any atom is 0.210 e. The lowest BCUT2D eigenvalue weighted by molar-refractivity contribution is 0.321. The highest BCUT2D eigenvalue weighted by molar-refractivity contribution is 9.10. The monoisotopic (exact) mass is 326 g/mol. The fourth-order valence-electron chi connectivity index (χ4n) is 1.45. The van der Waals surface area contributed by atoms with Crippen molar-refractivity contribution in [1.82, 2.24) is 20.2 Å². The largest absolute Gasteiger partial charge is 0.215 e. The predicted molar refractivity (Wildman–Crippen MR) is 76.5 cm³/mol. The van der Waals surface area contributed by atoms with Crippen molar-refractivity contribution >= 4 is 27.7 Å². The van der Waals surface area contributed by atoms with Crippen LogP contribution in [0.1, 0.15) is 26.3 Å². The maximum absolute atomic E-state index is 4.08. The maximum atomic E-state index is 4.08. The molecule has 0 saturated heterocycles.